The molecular weight excluding hydrogens is 278 g/mol. The van der Waals surface area contributed by atoms with Gasteiger partial charge in [0.2, 0.25) is 0 Å². The van der Waals surface area contributed by atoms with Crippen LogP contribution in [0.1, 0.15) is 23.1 Å². The molecule has 2 heterocycles. The quantitative estimate of drug-likeness (QED) is 0.759. The summed E-state index contributed by atoms with van der Waals surface area (Å²) in [5.74, 6) is 1.24. The van der Waals surface area contributed by atoms with Gasteiger partial charge < -0.3 is 19.8 Å². The third-order valence-electron chi connectivity index (χ3n) is 6.42. The van der Waals surface area contributed by atoms with Gasteiger partial charge in [-0.3, -0.25) is 0 Å². The van der Waals surface area contributed by atoms with Crippen LogP contribution in [0.4, 0.5) is 0 Å². The molecule has 5 atom stereocenters. The number of ether oxygens (including phenoxy) is 1. The molecule has 2 bridgehead atoms. The van der Waals surface area contributed by atoms with E-state index in [2.05, 4.69) is 24.1 Å². The standard InChI is InChI=1S/C18H21NO3/c1-19-7-6-18-12-4-5-14(21)17(18)22-16-11(9-20)3-2-10(15(16)18)8-13(12)19/h2-5,12-14,17,20-21H,6-9H2,1H3/t12-,13+,14-,17?,18?/m0/s1. The molecule has 2 N–H and O–H groups in total. The van der Waals surface area contributed by atoms with Crippen molar-refractivity contribution in [2.45, 2.75) is 43.1 Å². The maximum atomic E-state index is 10.5. The lowest BCUT2D eigenvalue weighted by Gasteiger charge is -2.56. The number of likely N-dealkylation sites (N-methyl/N-ethyl adjacent to an activating group) is 1. The summed E-state index contributed by atoms with van der Waals surface area (Å²) in [5, 5.41) is 20.2. The normalized spacial score (nSPS) is 41.2. The summed E-state index contributed by atoms with van der Waals surface area (Å²) in [7, 11) is 2.20. The van der Waals surface area contributed by atoms with Crippen LogP contribution >= 0.6 is 0 Å². The summed E-state index contributed by atoms with van der Waals surface area (Å²) >= 11 is 0. The lowest BCUT2D eigenvalue weighted by atomic mass is 9.53. The first-order valence-corrected chi connectivity index (χ1v) is 8.16. The van der Waals surface area contributed by atoms with Crippen LogP contribution < -0.4 is 4.74 Å². The topological polar surface area (TPSA) is 52.9 Å². The molecule has 4 nitrogen and oxygen atoms in total. The first kappa shape index (κ1) is 13.1. The summed E-state index contributed by atoms with van der Waals surface area (Å²) in [6.45, 7) is 1.02. The first-order chi connectivity index (χ1) is 10.7. The number of piperidine rings is 1. The van der Waals surface area contributed by atoms with Gasteiger partial charge in [-0.2, -0.15) is 0 Å². The molecule has 22 heavy (non-hydrogen) atoms. The molecule has 0 amide bonds. The van der Waals surface area contributed by atoms with Crippen LogP contribution in [0.25, 0.3) is 0 Å². The number of likely N-dealkylation sites (tertiary alicyclic amines) is 1. The van der Waals surface area contributed by atoms with Crippen LogP contribution in [0, 0.1) is 5.92 Å². The van der Waals surface area contributed by atoms with E-state index in [4.69, 9.17) is 4.74 Å². The SMILES string of the molecule is CN1CCC23c4c5ccc(CO)c4OC2[C@@H](O)C=C[C@H]3[C@H]1C5. The molecule has 116 valence electrons. The van der Waals surface area contributed by atoms with E-state index in [1.165, 1.54) is 11.1 Å². The Morgan fingerprint density at radius 1 is 1.36 bits per heavy atom. The minimum absolute atomic E-state index is 0.0110. The minimum Gasteiger partial charge on any atom is -0.486 e. The van der Waals surface area contributed by atoms with Crippen LogP contribution in [0.2, 0.25) is 0 Å². The van der Waals surface area contributed by atoms with E-state index in [-0.39, 0.29) is 18.1 Å². The molecule has 2 unspecified atom stereocenters. The highest BCUT2D eigenvalue weighted by atomic mass is 16.5. The average Bonchev–Trinajstić information content (AvgIpc) is 2.88. The first-order valence-electron chi connectivity index (χ1n) is 8.16. The van der Waals surface area contributed by atoms with Crippen LogP contribution in [0.3, 0.4) is 0 Å². The number of aliphatic hydroxyl groups is 2. The van der Waals surface area contributed by atoms with E-state index < -0.39 is 6.10 Å². The van der Waals surface area contributed by atoms with Gasteiger partial charge in [0.1, 0.15) is 18.0 Å². The number of hydrogen-bond acceptors (Lipinski definition) is 4. The number of rotatable bonds is 1. The molecule has 1 fully saturated rings. The maximum Gasteiger partial charge on any atom is 0.138 e. The average molecular weight is 299 g/mol. The summed E-state index contributed by atoms with van der Waals surface area (Å²) in [4.78, 5) is 2.45. The fourth-order valence-electron chi connectivity index (χ4n) is 5.43. The van der Waals surface area contributed by atoms with Crippen molar-refractivity contribution in [1.29, 1.82) is 0 Å². The fourth-order valence-corrected chi connectivity index (χ4v) is 5.43. The molecule has 1 aromatic carbocycles. The van der Waals surface area contributed by atoms with Gasteiger partial charge in [0.15, 0.2) is 0 Å². The highest BCUT2D eigenvalue weighted by Gasteiger charge is 2.63. The van der Waals surface area contributed by atoms with Gasteiger partial charge in [-0.05, 0) is 32.0 Å². The highest BCUT2D eigenvalue weighted by molar-refractivity contribution is 5.59. The summed E-state index contributed by atoms with van der Waals surface area (Å²) < 4.78 is 6.27. The molecule has 5 rings (SSSR count). The van der Waals surface area contributed by atoms with Gasteiger partial charge in [-0.1, -0.05) is 24.3 Å². The van der Waals surface area contributed by atoms with Gasteiger partial charge in [0.05, 0.1) is 6.61 Å². The van der Waals surface area contributed by atoms with Gasteiger partial charge in [0.25, 0.3) is 0 Å². The summed E-state index contributed by atoms with van der Waals surface area (Å²) in [5.41, 5.74) is 3.36. The number of benzene rings is 1. The zero-order valence-corrected chi connectivity index (χ0v) is 12.7. The highest BCUT2D eigenvalue weighted by Crippen LogP contribution is 2.61. The molecule has 0 saturated carbocycles. The Morgan fingerprint density at radius 3 is 3.05 bits per heavy atom. The molecule has 4 heteroatoms. The van der Waals surface area contributed by atoms with E-state index in [1.54, 1.807) is 0 Å². The van der Waals surface area contributed by atoms with Crippen LogP contribution in [-0.2, 0) is 18.4 Å². The molecule has 1 saturated heterocycles. The van der Waals surface area contributed by atoms with E-state index in [0.29, 0.717) is 12.0 Å². The van der Waals surface area contributed by atoms with Crippen molar-refractivity contribution in [3.05, 3.63) is 41.0 Å². The van der Waals surface area contributed by atoms with Crippen LogP contribution in [-0.4, -0.2) is 47.0 Å². The van der Waals surface area contributed by atoms with Crippen molar-refractivity contribution < 1.29 is 14.9 Å². The predicted molar refractivity (Wildman–Crippen MR) is 81.8 cm³/mol. The number of hydrogen-bond donors (Lipinski definition) is 2. The van der Waals surface area contributed by atoms with Crippen molar-refractivity contribution in [2.24, 2.45) is 5.92 Å². The molecular formula is C18H21NO3. The number of aliphatic hydroxyl groups excluding tert-OH is 2. The smallest absolute Gasteiger partial charge is 0.138 e. The Balaban J connectivity index is 1.82. The minimum atomic E-state index is -0.565. The molecule has 0 radical (unpaired) electrons. The van der Waals surface area contributed by atoms with E-state index >= 15 is 0 Å². The monoisotopic (exact) mass is 299 g/mol. The lowest BCUT2D eigenvalue weighted by molar-refractivity contribution is -0.0453. The van der Waals surface area contributed by atoms with Gasteiger partial charge in [0, 0.05) is 28.5 Å². The van der Waals surface area contributed by atoms with Crippen molar-refractivity contribution >= 4 is 0 Å². The van der Waals surface area contributed by atoms with Crippen molar-refractivity contribution in [1.82, 2.24) is 4.90 Å². The Bertz CT molecular complexity index is 685. The van der Waals surface area contributed by atoms with Crippen molar-refractivity contribution in [2.75, 3.05) is 13.6 Å². The second-order valence-corrected chi connectivity index (χ2v) is 7.23. The van der Waals surface area contributed by atoms with Crippen molar-refractivity contribution in [3.8, 4) is 5.75 Å². The molecule has 2 aliphatic carbocycles. The Labute approximate surface area is 130 Å². The zero-order valence-electron chi connectivity index (χ0n) is 12.7. The van der Waals surface area contributed by atoms with Crippen LogP contribution in [0.15, 0.2) is 24.3 Å². The second kappa shape index (κ2) is 4.13. The Hall–Kier alpha value is -1.36. The second-order valence-electron chi connectivity index (χ2n) is 7.23. The largest absolute Gasteiger partial charge is 0.486 e. The van der Waals surface area contributed by atoms with Crippen LogP contribution in [0.5, 0.6) is 5.75 Å². The van der Waals surface area contributed by atoms with Gasteiger partial charge in [-0.15, -0.1) is 0 Å². The summed E-state index contributed by atoms with van der Waals surface area (Å²) in [6, 6.07) is 4.62. The van der Waals surface area contributed by atoms with E-state index in [0.717, 1.165) is 30.7 Å². The van der Waals surface area contributed by atoms with E-state index in [9.17, 15) is 10.2 Å². The molecule has 4 aliphatic rings. The predicted octanol–water partition coefficient (Wildman–Crippen LogP) is 0.985. The van der Waals surface area contributed by atoms with Crippen molar-refractivity contribution in [3.63, 3.8) is 0 Å². The van der Waals surface area contributed by atoms with Gasteiger partial charge >= 0.3 is 0 Å². The van der Waals surface area contributed by atoms with E-state index in [1.807, 2.05) is 12.1 Å². The molecule has 0 aromatic heterocycles. The third kappa shape index (κ3) is 1.31. The Morgan fingerprint density at radius 2 is 2.23 bits per heavy atom. The molecule has 1 spiro atoms. The number of nitrogens with zero attached hydrogens (tertiary/aromatic N) is 1. The molecule has 1 aromatic rings. The summed E-state index contributed by atoms with van der Waals surface area (Å²) in [6.07, 6.45) is 5.38. The molecule has 2 aliphatic heterocycles. The third-order valence-corrected chi connectivity index (χ3v) is 6.42. The lowest BCUT2D eigenvalue weighted by Crippen LogP contribution is -2.64. The fraction of sp³-hybridized carbons (Fsp3) is 0.556. The van der Waals surface area contributed by atoms with Gasteiger partial charge in [-0.25, -0.2) is 0 Å². The Kier molecular flexibility index (Phi) is 2.46. The zero-order chi connectivity index (χ0) is 15.1. The maximum absolute atomic E-state index is 10.5.